The summed E-state index contributed by atoms with van der Waals surface area (Å²) in [6.45, 7) is 0. The monoisotopic (exact) mass is 186 g/mol. The van der Waals surface area contributed by atoms with Crippen molar-refractivity contribution in [1.82, 2.24) is 0 Å². The molecule has 0 fully saturated rings. The Kier molecular flexibility index (Phi) is 2.53. The van der Waals surface area contributed by atoms with E-state index >= 15 is 0 Å². The highest BCUT2D eigenvalue weighted by Gasteiger charge is 1.92. The van der Waals surface area contributed by atoms with E-state index in [2.05, 4.69) is 5.92 Å². The van der Waals surface area contributed by atoms with Gasteiger partial charge in [-0.25, -0.2) is 4.79 Å². The Morgan fingerprint density at radius 3 is 2.91 bits per heavy atom. The third-order valence-corrected chi connectivity index (χ3v) is 2.05. The summed E-state index contributed by atoms with van der Waals surface area (Å²) in [6.07, 6.45) is 0. The van der Waals surface area contributed by atoms with Gasteiger partial charge in [-0.15, -0.1) is 11.3 Å². The van der Waals surface area contributed by atoms with E-state index in [9.17, 15) is 4.79 Å². The van der Waals surface area contributed by atoms with Gasteiger partial charge in [-0.2, -0.15) is 0 Å². The topological polar surface area (TPSA) is 37.3 Å². The van der Waals surface area contributed by atoms with Crippen LogP contribution in [0.5, 0.6) is 0 Å². The van der Waals surface area contributed by atoms with Crippen LogP contribution < -0.4 is 0 Å². The first-order chi connectivity index (χ1) is 5.18. The number of aliphatic carboxylic acids is 1. The summed E-state index contributed by atoms with van der Waals surface area (Å²) in [5.41, 5.74) is 0. The van der Waals surface area contributed by atoms with E-state index in [0.29, 0.717) is 9.90 Å². The molecule has 0 unspecified atom stereocenters. The molecule has 0 spiro atoms. The lowest BCUT2D eigenvalue weighted by atomic mass is 10.4. The SMILES string of the molecule is O=C(O)C#Cc1cc(Cl)cs1. The fraction of sp³-hybridized carbons (Fsp3) is 0. The van der Waals surface area contributed by atoms with Crippen molar-refractivity contribution in [3.63, 3.8) is 0 Å². The van der Waals surface area contributed by atoms with Gasteiger partial charge in [0, 0.05) is 11.3 Å². The second kappa shape index (κ2) is 3.42. The minimum atomic E-state index is -1.13. The van der Waals surface area contributed by atoms with Gasteiger partial charge in [0.05, 0.1) is 9.90 Å². The zero-order chi connectivity index (χ0) is 8.27. The minimum absolute atomic E-state index is 0.588. The third kappa shape index (κ3) is 2.62. The molecule has 0 aliphatic heterocycles. The van der Waals surface area contributed by atoms with E-state index < -0.39 is 5.97 Å². The molecular weight excluding hydrogens is 184 g/mol. The number of rotatable bonds is 0. The van der Waals surface area contributed by atoms with E-state index in [-0.39, 0.29) is 0 Å². The van der Waals surface area contributed by atoms with Crippen LogP contribution in [0, 0.1) is 11.8 Å². The molecule has 1 aromatic heterocycles. The van der Waals surface area contributed by atoms with Crippen LogP contribution in [0.4, 0.5) is 0 Å². The maximum absolute atomic E-state index is 9.98. The maximum Gasteiger partial charge on any atom is 0.382 e. The molecule has 2 nitrogen and oxygen atoms in total. The molecular formula is C7H3ClO2S. The van der Waals surface area contributed by atoms with Gasteiger partial charge in [-0.05, 0) is 12.0 Å². The Morgan fingerprint density at radius 1 is 1.73 bits per heavy atom. The highest BCUT2D eigenvalue weighted by atomic mass is 35.5. The van der Waals surface area contributed by atoms with Crippen molar-refractivity contribution in [2.75, 3.05) is 0 Å². The van der Waals surface area contributed by atoms with Crippen LogP contribution in [0.25, 0.3) is 0 Å². The molecule has 11 heavy (non-hydrogen) atoms. The zero-order valence-corrected chi connectivity index (χ0v) is 6.87. The number of hydrogen-bond acceptors (Lipinski definition) is 2. The number of halogens is 1. The molecule has 1 heterocycles. The molecule has 1 N–H and O–H groups in total. The van der Waals surface area contributed by atoms with Gasteiger partial charge in [0.1, 0.15) is 0 Å². The summed E-state index contributed by atoms with van der Waals surface area (Å²) in [6, 6.07) is 1.63. The predicted octanol–water partition coefficient (Wildman–Crippen LogP) is 1.84. The number of carbonyl (C=O) groups is 1. The predicted molar refractivity (Wildman–Crippen MR) is 43.8 cm³/mol. The molecule has 0 amide bonds. The first-order valence-corrected chi connectivity index (χ1v) is 3.93. The Bertz CT molecular complexity index is 332. The summed E-state index contributed by atoms with van der Waals surface area (Å²) < 4.78 is 0. The van der Waals surface area contributed by atoms with Crippen molar-refractivity contribution in [2.24, 2.45) is 0 Å². The quantitative estimate of drug-likeness (QED) is 0.628. The number of carboxylic acids is 1. The van der Waals surface area contributed by atoms with Gasteiger partial charge in [0.2, 0.25) is 0 Å². The second-order valence-corrected chi connectivity index (χ2v) is 3.03. The highest BCUT2D eigenvalue weighted by molar-refractivity contribution is 7.11. The lowest BCUT2D eigenvalue weighted by Gasteiger charge is -1.73. The first kappa shape index (κ1) is 8.12. The van der Waals surface area contributed by atoms with E-state index in [1.165, 1.54) is 11.3 Å². The molecule has 4 heteroatoms. The smallest absolute Gasteiger partial charge is 0.382 e. The van der Waals surface area contributed by atoms with Crippen molar-refractivity contribution in [3.8, 4) is 11.8 Å². The molecule has 0 aliphatic carbocycles. The Labute approximate surface area is 72.4 Å². The molecule has 0 atom stereocenters. The lowest BCUT2D eigenvalue weighted by Crippen LogP contribution is -1.85. The van der Waals surface area contributed by atoms with Gasteiger partial charge in [0.15, 0.2) is 0 Å². The Morgan fingerprint density at radius 2 is 2.45 bits per heavy atom. The molecule has 0 saturated heterocycles. The minimum Gasteiger partial charge on any atom is -0.472 e. The van der Waals surface area contributed by atoms with Crippen LogP contribution in [-0.2, 0) is 4.79 Å². The largest absolute Gasteiger partial charge is 0.472 e. The molecule has 56 valence electrons. The molecule has 0 saturated carbocycles. The molecule has 0 radical (unpaired) electrons. The van der Waals surface area contributed by atoms with E-state index in [1.807, 2.05) is 5.92 Å². The van der Waals surface area contributed by atoms with Gasteiger partial charge in [-0.1, -0.05) is 11.6 Å². The standard InChI is InChI=1S/C7H3ClO2S/c8-5-3-6(11-4-5)1-2-7(9)10/h3-4H,(H,9,10). The average Bonchev–Trinajstić information content (AvgIpc) is 2.31. The summed E-state index contributed by atoms with van der Waals surface area (Å²) in [5.74, 6) is 3.31. The lowest BCUT2D eigenvalue weighted by molar-refractivity contribution is -0.130. The molecule has 0 bridgehead atoms. The normalized spacial score (nSPS) is 8.45. The van der Waals surface area contributed by atoms with Crippen LogP contribution in [0.15, 0.2) is 11.4 Å². The summed E-state index contributed by atoms with van der Waals surface area (Å²) in [4.78, 5) is 10.6. The van der Waals surface area contributed by atoms with Crippen LogP contribution in [0.3, 0.4) is 0 Å². The third-order valence-electron chi connectivity index (χ3n) is 0.860. The fourth-order valence-electron chi connectivity index (χ4n) is 0.494. The number of thiophene rings is 1. The summed E-state index contributed by atoms with van der Waals surface area (Å²) in [7, 11) is 0. The van der Waals surface area contributed by atoms with E-state index in [4.69, 9.17) is 16.7 Å². The average molecular weight is 187 g/mol. The summed E-state index contributed by atoms with van der Waals surface area (Å²) >= 11 is 6.89. The highest BCUT2D eigenvalue weighted by Crippen LogP contribution is 2.17. The van der Waals surface area contributed by atoms with Crippen molar-refractivity contribution < 1.29 is 9.90 Å². The van der Waals surface area contributed by atoms with Crippen molar-refractivity contribution >= 4 is 28.9 Å². The van der Waals surface area contributed by atoms with Gasteiger partial charge in [0.25, 0.3) is 0 Å². The molecule has 0 aliphatic rings. The maximum atomic E-state index is 9.98. The molecule has 1 aromatic rings. The van der Waals surface area contributed by atoms with Crippen LogP contribution in [0.2, 0.25) is 5.02 Å². The fourth-order valence-corrected chi connectivity index (χ4v) is 1.41. The Hall–Kier alpha value is -0.980. The number of hydrogen-bond donors (Lipinski definition) is 1. The zero-order valence-electron chi connectivity index (χ0n) is 5.30. The second-order valence-electron chi connectivity index (χ2n) is 1.68. The van der Waals surface area contributed by atoms with Gasteiger partial charge in [-0.3, -0.25) is 0 Å². The number of carboxylic acid groups (broad SMARTS) is 1. The van der Waals surface area contributed by atoms with Gasteiger partial charge >= 0.3 is 5.97 Å². The van der Waals surface area contributed by atoms with E-state index in [0.717, 1.165) is 0 Å². The van der Waals surface area contributed by atoms with Crippen molar-refractivity contribution in [2.45, 2.75) is 0 Å². The van der Waals surface area contributed by atoms with E-state index in [1.54, 1.807) is 11.4 Å². The molecule has 0 aromatic carbocycles. The van der Waals surface area contributed by atoms with Crippen LogP contribution >= 0.6 is 22.9 Å². The van der Waals surface area contributed by atoms with Gasteiger partial charge < -0.3 is 5.11 Å². The van der Waals surface area contributed by atoms with Crippen LogP contribution in [-0.4, -0.2) is 11.1 Å². The van der Waals surface area contributed by atoms with Crippen molar-refractivity contribution in [3.05, 3.63) is 21.3 Å². The van der Waals surface area contributed by atoms with Crippen LogP contribution in [0.1, 0.15) is 4.88 Å². The summed E-state index contributed by atoms with van der Waals surface area (Å²) in [5, 5.41) is 10.5. The Balaban J connectivity index is 2.82. The first-order valence-electron chi connectivity index (χ1n) is 2.67. The van der Waals surface area contributed by atoms with Crippen molar-refractivity contribution in [1.29, 1.82) is 0 Å². The molecule has 1 rings (SSSR count).